The van der Waals surface area contributed by atoms with Gasteiger partial charge in [-0.05, 0) is 31.2 Å². The topological polar surface area (TPSA) is 129 Å². The highest BCUT2D eigenvalue weighted by Crippen LogP contribution is 2.30. The Morgan fingerprint density at radius 3 is 2.50 bits per heavy atom. The largest absolute Gasteiger partial charge is 0.433 e. The highest BCUT2D eigenvalue weighted by molar-refractivity contribution is 7.91. The number of nitrogens with zero attached hydrogens (tertiary/aromatic N) is 5. The fourth-order valence-corrected chi connectivity index (χ4v) is 4.89. The zero-order valence-electron chi connectivity index (χ0n) is 18.9. The first kappa shape index (κ1) is 25.1. The Morgan fingerprint density at radius 1 is 1.11 bits per heavy atom. The fraction of sp³-hybridized carbons (Fsp3) is 0.261. The summed E-state index contributed by atoms with van der Waals surface area (Å²) in [6, 6.07) is 7.09. The van der Waals surface area contributed by atoms with Gasteiger partial charge >= 0.3 is 6.18 Å². The summed E-state index contributed by atoms with van der Waals surface area (Å²) in [6.45, 7) is 2.18. The van der Waals surface area contributed by atoms with Crippen LogP contribution in [0.2, 0.25) is 0 Å². The third-order valence-corrected chi connectivity index (χ3v) is 7.21. The number of rotatable bonds is 4. The van der Waals surface area contributed by atoms with Gasteiger partial charge in [0.25, 0.3) is 5.91 Å². The van der Waals surface area contributed by atoms with Crippen molar-refractivity contribution in [2.24, 2.45) is 0 Å². The number of sulfone groups is 1. The van der Waals surface area contributed by atoms with Gasteiger partial charge in [0, 0.05) is 47.9 Å². The molecule has 4 rings (SSSR count). The van der Waals surface area contributed by atoms with Gasteiger partial charge in [-0.3, -0.25) is 14.8 Å². The van der Waals surface area contributed by atoms with Crippen LogP contribution in [0.3, 0.4) is 0 Å². The molecule has 1 aliphatic heterocycles. The van der Waals surface area contributed by atoms with Gasteiger partial charge in [-0.1, -0.05) is 0 Å². The van der Waals surface area contributed by atoms with Crippen molar-refractivity contribution in [3.8, 4) is 17.2 Å². The second-order valence-corrected chi connectivity index (χ2v) is 10.4. The Hall–Kier alpha value is -4.05. The Kier molecular flexibility index (Phi) is 6.64. The quantitative estimate of drug-likeness (QED) is 0.560. The molecule has 1 amide bonds. The number of anilines is 2. The van der Waals surface area contributed by atoms with E-state index in [-0.39, 0.29) is 41.4 Å². The zero-order chi connectivity index (χ0) is 26.1. The van der Waals surface area contributed by atoms with Gasteiger partial charge in [-0.25, -0.2) is 13.4 Å². The van der Waals surface area contributed by atoms with E-state index in [2.05, 4.69) is 26.3 Å². The van der Waals surface area contributed by atoms with Gasteiger partial charge in [-0.15, -0.1) is 0 Å². The molecular weight excluding hydrogens is 497 g/mol. The lowest BCUT2D eigenvalue weighted by atomic mass is 10.0. The number of carbonyl (C=O) groups is 1. The van der Waals surface area contributed by atoms with Crippen LogP contribution in [0.25, 0.3) is 11.1 Å². The maximum absolute atomic E-state index is 12.9. The third-order valence-electron chi connectivity index (χ3n) is 5.60. The molecule has 0 aliphatic carbocycles. The summed E-state index contributed by atoms with van der Waals surface area (Å²) in [4.78, 5) is 26.2. The number of aromatic nitrogens is 3. The average molecular weight is 517 g/mol. The smallest absolute Gasteiger partial charge is 0.353 e. The summed E-state index contributed by atoms with van der Waals surface area (Å²) in [6.07, 6.45) is -0.892. The number of nitrogens with one attached hydrogen (secondary N) is 1. The number of aryl methyl sites for hydroxylation is 1. The van der Waals surface area contributed by atoms with E-state index in [0.717, 1.165) is 6.20 Å². The van der Waals surface area contributed by atoms with E-state index in [1.165, 1.54) is 18.5 Å². The molecule has 0 unspecified atom stereocenters. The highest BCUT2D eigenvalue weighted by Gasteiger charge is 2.33. The molecule has 13 heteroatoms. The number of hydrogen-bond acceptors (Lipinski definition) is 8. The van der Waals surface area contributed by atoms with Gasteiger partial charge in [-0.2, -0.15) is 18.4 Å². The van der Waals surface area contributed by atoms with Gasteiger partial charge in [0.2, 0.25) is 0 Å². The monoisotopic (exact) mass is 516 g/mol. The molecule has 0 aromatic carbocycles. The van der Waals surface area contributed by atoms with E-state index in [9.17, 15) is 31.6 Å². The highest BCUT2D eigenvalue weighted by atomic mass is 32.2. The first-order valence-corrected chi connectivity index (χ1v) is 12.5. The standard InChI is InChI=1S/C23H19F3N6O3S/c1-14-19(17-8-16(11-27)21(30-12-17)32-4-6-36(34,35)7-5-32)10-18(13-29-14)31-22(33)15-2-3-28-20(9-15)23(24,25)26/h2-3,8-10,12-13H,4-7H2,1H3,(H,31,33). The molecule has 3 aromatic rings. The number of hydrogen-bond donors (Lipinski definition) is 1. The zero-order valence-corrected chi connectivity index (χ0v) is 19.7. The lowest BCUT2D eigenvalue weighted by Crippen LogP contribution is -2.41. The molecule has 0 saturated carbocycles. The minimum absolute atomic E-state index is 0.0198. The number of pyridine rings is 3. The van der Waals surface area contributed by atoms with Crippen molar-refractivity contribution in [1.82, 2.24) is 15.0 Å². The molecule has 9 nitrogen and oxygen atoms in total. The molecule has 0 atom stereocenters. The maximum Gasteiger partial charge on any atom is 0.433 e. The van der Waals surface area contributed by atoms with E-state index in [4.69, 9.17) is 0 Å². The minimum atomic E-state index is -4.69. The lowest BCUT2D eigenvalue weighted by Gasteiger charge is -2.28. The SMILES string of the molecule is Cc1ncc(NC(=O)c2ccnc(C(F)(F)F)c2)cc1-c1cnc(N2CCS(=O)(=O)CC2)c(C#N)c1. The summed E-state index contributed by atoms with van der Waals surface area (Å²) in [5.41, 5.74) is 0.727. The molecule has 1 aliphatic rings. The van der Waals surface area contributed by atoms with E-state index in [0.29, 0.717) is 28.7 Å². The molecule has 3 aromatic heterocycles. The first-order chi connectivity index (χ1) is 17.0. The molecule has 0 bridgehead atoms. The third kappa shape index (κ3) is 5.44. The van der Waals surface area contributed by atoms with E-state index < -0.39 is 27.6 Å². The van der Waals surface area contributed by atoms with Crippen molar-refractivity contribution in [2.75, 3.05) is 34.8 Å². The summed E-state index contributed by atoms with van der Waals surface area (Å²) < 4.78 is 62.2. The number of nitriles is 1. The van der Waals surface area contributed by atoms with Crippen LogP contribution in [-0.4, -0.2) is 53.9 Å². The summed E-state index contributed by atoms with van der Waals surface area (Å²) in [7, 11) is -3.10. The molecular formula is C23H19F3N6O3S. The Bertz CT molecular complexity index is 1470. The molecule has 36 heavy (non-hydrogen) atoms. The second-order valence-electron chi connectivity index (χ2n) is 8.08. The summed E-state index contributed by atoms with van der Waals surface area (Å²) in [5.74, 6) is -0.433. The van der Waals surface area contributed by atoms with Crippen LogP contribution in [-0.2, 0) is 16.0 Å². The Morgan fingerprint density at radius 2 is 1.83 bits per heavy atom. The predicted octanol–water partition coefficient (Wildman–Crippen LogP) is 3.22. The molecule has 1 saturated heterocycles. The number of amides is 1. The molecule has 1 fully saturated rings. The summed E-state index contributed by atoms with van der Waals surface area (Å²) >= 11 is 0. The van der Waals surface area contributed by atoms with Crippen LogP contribution >= 0.6 is 0 Å². The minimum Gasteiger partial charge on any atom is -0.353 e. The van der Waals surface area contributed by atoms with Crippen molar-refractivity contribution < 1.29 is 26.4 Å². The average Bonchev–Trinajstić information content (AvgIpc) is 2.84. The molecule has 4 heterocycles. The Labute approximate surface area is 204 Å². The van der Waals surface area contributed by atoms with Crippen LogP contribution in [0.4, 0.5) is 24.7 Å². The van der Waals surface area contributed by atoms with Crippen LogP contribution in [0.1, 0.15) is 27.3 Å². The van der Waals surface area contributed by atoms with Crippen LogP contribution < -0.4 is 10.2 Å². The van der Waals surface area contributed by atoms with Crippen molar-refractivity contribution in [1.29, 1.82) is 5.26 Å². The van der Waals surface area contributed by atoms with Crippen LogP contribution in [0.5, 0.6) is 0 Å². The van der Waals surface area contributed by atoms with Gasteiger partial charge < -0.3 is 10.2 Å². The van der Waals surface area contributed by atoms with E-state index in [1.807, 2.05) is 0 Å². The van der Waals surface area contributed by atoms with Gasteiger partial charge in [0.1, 0.15) is 17.6 Å². The molecule has 0 spiro atoms. The first-order valence-electron chi connectivity index (χ1n) is 10.6. The lowest BCUT2D eigenvalue weighted by molar-refractivity contribution is -0.141. The molecule has 186 valence electrons. The van der Waals surface area contributed by atoms with E-state index in [1.54, 1.807) is 24.0 Å². The van der Waals surface area contributed by atoms with Crippen molar-refractivity contribution >= 4 is 27.2 Å². The van der Waals surface area contributed by atoms with Crippen LogP contribution in [0.15, 0.2) is 42.9 Å². The predicted molar refractivity (Wildman–Crippen MR) is 125 cm³/mol. The summed E-state index contributed by atoms with van der Waals surface area (Å²) in [5, 5.41) is 12.2. The molecule has 0 radical (unpaired) electrons. The fourth-order valence-electron chi connectivity index (χ4n) is 3.69. The maximum atomic E-state index is 12.9. The van der Waals surface area contributed by atoms with Crippen LogP contribution in [0, 0.1) is 18.3 Å². The van der Waals surface area contributed by atoms with Crippen molar-refractivity contribution in [3.05, 3.63) is 65.4 Å². The number of halogens is 3. The van der Waals surface area contributed by atoms with E-state index >= 15 is 0 Å². The normalized spacial score (nSPS) is 15.2. The number of carbonyl (C=O) groups excluding carboxylic acids is 1. The number of alkyl halides is 3. The van der Waals surface area contributed by atoms with Gasteiger partial charge in [0.05, 0.1) is 29.0 Å². The van der Waals surface area contributed by atoms with Crippen molar-refractivity contribution in [2.45, 2.75) is 13.1 Å². The molecule has 1 N–H and O–H groups in total. The second kappa shape index (κ2) is 9.54. The van der Waals surface area contributed by atoms with Gasteiger partial charge in [0.15, 0.2) is 9.84 Å². The Balaban J connectivity index is 1.59. The van der Waals surface area contributed by atoms with Crippen molar-refractivity contribution in [3.63, 3.8) is 0 Å².